The van der Waals surface area contributed by atoms with Crippen molar-refractivity contribution in [3.05, 3.63) is 0 Å². The summed E-state index contributed by atoms with van der Waals surface area (Å²) >= 11 is 0. The Balaban J connectivity index is 2.07. The summed E-state index contributed by atoms with van der Waals surface area (Å²) < 4.78 is 5.46. The second-order valence-electron chi connectivity index (χ2n) is 6.21. The number of amides is 1. The molecule has 1 unspecified atom stereocenters. The minimum absolute atomic E-state index is 0.177. The van der Waals surface area contributed by atoms with Gasteiger partial charge in [-0.25, -0.2) is 4.79 Å². The average molecular weight is 241 g/mol. The van der Waals surface area contributed by atoms with Crippen molar-refractivity contribution < 1.29 is 14.6 Å². The van der Waals surface area contributed by atoms with Crippen LogP contribution >= 0.6 is 0 Å². The maximum Gasteiger partial charge on any atom is 0.410 e. The molecule has 2 aliphatic rings. The Labute approximate surface area is 103 Å². The van der Waals surface area contributed by atoms with Gasteiger partial charge in [0.25, 0.3) is 0 Å². The molecule has 0 aromatic rings. The summed E-state index contributed by atoms with van der Waals surface area (Å²) in [6.07, 6.45) is 3.89. The third-order valence-electron chi connectivity index (χ3n) is 3.80. The minimum Gasteiger partial charge on any atom is -0.444 e. The van der Waals surface area contributed by atoms with Crippen molar-refractivity contribution in [3.8, 4) is 0 Å². The number of carbonyl (C=O) groups is 1. The second kappa shape index (κ2) is 4.48. The van der Waals surface area contributed by atoms with E-state index in [-0.39, 0.29) is 24.7 Å². The first kappa shape index (κ1) is 12.7. The molecule has 1 amide bonds. The van der Waals surface area contributed by atoms with Gasteiger partial charge in [-0.3, -0.25) is 0 Å². The Morgan fingerprint density at radius 3 is 2.53 bits per heavy atom. The number of piperidine rings is 1. The summed E-state index contributed by atoms with van der Waals surface area (Å²) in [6.45, 7) is 5.84. The molecule has 2 heterocycles. The zero-order valence-corrected chi connectivity index (χ0v) is 11.0. The summed E-state index contributed by atoms with van der Waals surface area (Å²) in [5.74, 6) is 0.237. The molecule has 1 N–H and O–H groups in total. The molecule has 4 heteroatoms. The number of carbonyl (C=O) groups excluding carboxylic acids is 1. The van der Waals surface area contributed by atoms with Crippen molar-refractivity contribution in [1.29, 1.82) is 0 Å². The molecule has 2 fully saturated rings. The zero-order chi connectivity index (χ0) is 12.6. The highest BCUT2D eigenvalue weighted by Gasteiger charge is 2.45. The van der Waals surface area contributed by atoms with E-state index in [0.29, 0.717) is 6.04 Å². The third-order valence-corrected chi connectivity index (χ3v) is 3.80. The van der Waals surface area contributed by atoms with Gasteiger partial charge < -0.3 is 14.7 Å². The topological polar surface area (TPSA) is 49.8 Å². The van der Waals surface area contributed by atoms with Gasteiger partial charge in [-0.2, -0.15) is 0 Å². The van der Waals surface area contributed by atoms with Crippen molar-refractivity contribution in [1.82, 2.24) is 4.90 Å². The van der Waals surface area contributed by atoms with Crippen molar-refractivity contribution >= 4 is 6.09 Å². The molecule has 0 radical (unpaired) electrons. The molecule has 3 atom stereocenters. The Hall–Kier alpha value is -0.770. The van der Waals surface area contributed by atoms with Crippen LogP contribution in [0.25, 0.3) is 0 Å². The Kier molecular flexibility index (Phi) is 3.34. The number of aliphatic hydroxyl groups excluding tert-OH is 1. The van der Waals surface area contributed by atoms with Crippen LogP contribution in [0.15, 0.2) is 0 Å². The maximum atomic E-state index is 12.2. The minimum atomic E-state index is -0.442. The molecule has 0 aromatic heterocycles. The van der Waals surface area contributed by atoms with Gasteiger partial charge in [-0.05, 0) is 46.5 Å². The first-order valence-electron chi connectivity index (χ1n) is 6.54. The number of ether oxygens (including phenoxy) is 1. The first-order valence-corrected chi connectivity index (χ1v) is 6.54. The van der Waals surface area contributed by atoms with Gasteiger partial charge in [0.1, 0.15) is 5.60 Å². The standard InChI is InChI=1S/C13H23NO3/c1-13(2,3)17-12(16)14-10-5-4-9(8-15)11(14)7-6-10/h9-11,15H,4-8H2,1-3H3/t9-,10?,11-/m0/s1. The zero-order valence-electron chi connectivity index (χ0n) is 11.0. The lowest BCUT2D eigenvalue weighted by Gasteiger charge is -2.39. The normalized spacial score (nSPS) is 32.7. The molecule has 17 heavy (non-hydrogen) atoms. The van der Waals surface area contributed by atoms with Crippen molar-refractivity contribution in [2.45, 2.75) is 64.1 Å². The van der Waals surface area contributed by atoms with Crippen molar-refractivity contribution in [3.63, 3.8) is 0 Å². The van der Waals surface area contributed by atoms with Gasteiger partial charge >= 0.3 is 6.09 Å². The van der Waals surface area contributed by atoms with E-state index in [9.17, 15) is 9.90 Å². The number of hydrogen-bond donors (Lipinski definition) is 1. The molecular weight excluding hydrogens is 218 g/mol. The number of fused-ring (bicyclic) bond motifs is 2. The van der Waals surface area contributed by atoms with Gasteiger partial charge in [0, 0.05) is 24.6 Å². The smallest absolute Gasteiger partial charge is 0.410 e. The number of rotatable bonds is 1. The van der Waals surface area contributed by atoms with Gasteiger partial charge in [0.15, 0.2) is 0 Å². The summed E-state index contributed by atoms with van der Waals surface area (Å²) in [4.78, 5) is 14.0. The lowest BCUT2D eigenvalue weighted by Crippen LogP contribution is -2.50. The molecule has 0 aromatic carbocycles. The van der Waals surface area contributed by atoms with Crippen LogP contribution in [0.3, 0.4) is 0 Å². The predicted molar refractivity (Wildman–Crippen MR) is 64.7 cm³/mol. The van der Waals surface area contributed by atoms with E-state index in [1.54, 1.807) is 0 Å². The monoisotopic (exact) mass is 241 g/mol. The molecule has 2 rings (SSSR count). The molecule has 2 saturated heterocycles. The maximum absolute atomic E-state index is 12.2. The molecule has 0 saturated carbocycles. The SMILES string of the molecule is CC(C)(C)OC(=O)N1C2CC[C@@H](CO)[C@@H]1CC2. The van der Waals surface area contributed by atoms with Crippen molar-refractivity contribution in [2.75, 3.05) is 6.61 Å². The van der Waals surface area contributed by atoms with Crippen LogP contribution in [0, 0.1) is 5.92 Å². The van der Waals surface area contributed by atoms with E-state index in [4.69, 9.17) is 4.74 Å². The molecule has 0 aliphatic carbocycles. The third kappa shape index (κ3) is 2.57. The molecule has 0 spiro atoms. The van der Waals surface area contributed by atoms with E-state index in [2.05, 4.69) is 0 Å². The fraction of sp³-hybridized carbons (Fsp3) is 0.923. The van der Waals surface area contributed by atoms with Crippen LogP contribution < -0.4 is 0 Å². The summed E-state index contributed by atoms with van der Waals surface area (Å²) in [7, 11) is 0. The van der Waals surface area contributed by atoms with E-state index in [1.165, 1.54) is 0 Å². The van der Waals surface area contributed by atoms with Crippen LogP contribution in [-0.4, -0.2) is 40.4 Å². The quantitative estimate of drug-likeness (QED) is 0.765. The first-order chi connectivity index (χ1) is 7.92. The van der Waals surface area contributed by atoms with Gasteiger partial charge in [0.05, 0.1) is 0 Å². The van der Waals surface area contributed by atoms with Crippen LogP contribution in [0.4, 0.5) is 4.79 Å². The largest absolute Gasteiger partial charge is 0.444 e. The molecule has 2 bridgehead atoms. The fourth-order valence-corrected chi connectivity index (χ4v) is 3.07. The highest BCUT2D eigenvalue weighted by Crippen LogP contribution is 2.39. The second-order valence-corrected chi connectivity index (χ2v) is 6.21. The Morgan fingerprint density at radius 2 is 1.94 bits per heavy atom. The van der Waals surface area contributed by atoms with Gasteiger partial charge in [-0.15, -0.1) is 0 Å². The molecular formula is C13H23NO3. The molecule has 2 aliphatic heterocycles. The van der Waals surface area contributed by atoms with E-state index < -0.39 is 5.60 Å². The van der Waals surface area contributed by atoms with E-state index in [1.807, 2.05) is 25.7 Å². The average Bonchev–Trinajstić information content (AvgIpc) is 2.52. The highest BCUT2D eigenvalue weighted by atomic mass is 16.6. The number of aliphatic hydroxyl groups is 1. The number of hydrogen-bond acceptors (Lipinski definition) is 3. The fourth-order valence-electron chi connectivity index (χ4n) is 3.07. The summed E-state index contributed by atoms with van der Waals surface area (Å²) in [5.41, 5.74) is -0.442. The Bertz CT molecular complexity index is 298. The van der Waals surface area contributed by atoms with Crippen LogP contribution in [0.2, 0.25) is 0 Å². The van der Waals surface area contributed by atoms with Gasteiger partial charge in [0.2, 0.25) is 0 Å². The highest BCUT2D eigenvalue weighted by molar-refractivity contribution is 5.69. The van der Waals surface area contributed by atoms with Crippen LogP contribution in [-0.2, 0) is 4.74 Å². The van der Waals surface area contributed by atoms with Gasteiger partial charge in [-0.1, -0.05) is 0 Å². The predicted octanol–water partition coefficient (Wildman–Crippen LogP) is 2.16. The van der Waals surface area contributed by atoms with Crippen LogP contribution in [0.1, 0.15) is 46.5 Å². The van der Waals surface area contributed by atoms with E-state index >= 15 is 0 Å². The number of nitrogens with zero attached hydrogens (tertiary/aromatic N) is 1. The van der Waals surface area contributed by atoms with Crippen LogP contribution in [0.5, 0.6) is 0 Å². The Morgan fingerprint density at radius 1 is 1.29 bits per heavy atom. The van der Waals surface area contributed by atoms with E-state index in [0.717, 1.165) is 25.7 Å². The molecule has 4 nitrogen and oxygen atoms in total. The summed E-state index contributed by atoms with van der Waals surface area (Å²) in [5, 5.41) is 9.36. The lowest BCUT2D eigenvalue weighted by molar-refractivity contribution is -0.00717. The molecule has 98 valence electrons. The summed E-state index contributed by atoms with van der Waals surface area (Å²) in [6, 6.07) is 0.520. The van der Waals surface area contributed by atoms with Crippen molar-refractivity contribution in [2.24, 2.45) is 5.92 Å². The lowest BCUT2D eigenvalue weighted by atomic mass is 9.91.